The maximum Gasteiger partial charge on any atom is 0.319 e. The van der Waals surface area contributed by atoms with Crippen LogP contribution in [0.25, 0.3) is 32.1 Å². The van der Waals surface area contributed by atoms with E-state index in [0.29, 0.717) is 44.3 Å². The zero-order valence-electron chi connectivity index (χ0n) is 26.4. The highest BCUT2D eigenvalue weighted by molar-refractivity contribution is 7.23. The molecule has 3 saturated heterocycles. The van der Waals surface area contributed by atoms with Gasteiger partial charge in [0, 0.05) is 49.5 Å². The van der Waals surface area contributed by atoms with Gasteiger partial charge in [-0.15, -0.1) is 11.3 Å². The van der Waals surface area contributed by atoms with Gasteiger partial charge in [-0.05, 0) is 49.8 Å². The van der Waals surface area contributed by atoms with Crippen LogP contribution in [0, 0.1) is 28.9 Å². The number of amides is 1. The number of ether oxygens (including phenoxy) is 2. The summed E-state index contributed by atoms with van der Waals surface area (Å²) in [5, 5.41) is 13.4. The molecule has 1 unspecified atom stereocenters. The predicted molar refractivity (Wildman–Crippen MR) is 181 cm³/mol. The number of aromatic nitrogens is 2. The first kappa shape index (κ1) is 31.3. The molecule has 3 fully saturated rings. The Morgan fingerprint density at radius 3 is 2.96 bits per heavy atom. The number of nitrogens with zero attached hydrogens (tertiary/aromatic N) is 5. The largest absolute Gasteiger partial charge is 0.491 e. The van der Waals surface area contributed by atoms with E-state index in [2.05, 4.69) is 28.2 Å². The summed E-state index contributed by atoms with van der Waals surface area (Å²) >= 11 is 8.00. The first-order chi connectivity index (χ1) is 23.2. The molecule has 2 aromatic heterocycles. The summed E-state index contributed by atoms with van der Waals surface area (Å²) in [5.74, 6) is -0.338. The van der Waals surface area contributed by atoms with E-state index in [-0.39, 0.29) is 90.0 Å². The van der Waals surface area contributed by atoms with Crippen molar-refractivity contribution in [1.29, 1.82) is 5.26 Å². The lowest BCUT2D eigenvalue weighted by Gasteiger charge is -2.37. The summed E-state index contributed by atoms with van der Waals surface area (Å²) in [7, 11) is 0. The van der Waals surface area contributed by atoms with E-state index in [1.165, 1.54) is 12.1 Å². The van der Waals surface area contributed by atoms with Crippen LogP contribution in [0.1, 0.15) is 51.0 Å². The first-order valence-electron chi connectivity index (χ1n) is 16.4. The predicted octanol–water partition coefficient (Wildman–Crippen LogP) is 6.02. The van der Waals surface area contributed by atoms with E-state index in [1.54, 1.807) is 0 Å². The number of fused-ring (bicyclic) bond motifs is 4. The van der Waals surface area contributed by atoms with Gasteiger partial charge in [0.05, 0.1) is 32.8 Å². The van der Waals surface area contributed by atoms with Crippen molar-refractivity contribution in [3.8, 4) is 29.0 Å². The molecule has 10 nitrogen and oxygen atoms in total. The fourth-order valence-corrected chi connectivity index (χ4v) is 9.58. The van der Waals surface area contributed by atoms with Gasteiger partial charge in [0.1, 0.15) is 34.8 Å². The van der Waals surface area contributed by atoms with Gasteiger partial charge in [-0.3, -0.25) is 9.69 Å². The summed E-state index contributed by atoms with van der Waals surface area (Å²) < 4.78 is 45.2. The molecule has 6 heterocycles. The zero-order chi connectivity index (χ0) is 33.3. The van der Waals surface area contributed by atoms with Crippen molar-refractivity contribution in [2.24, 2.45) is 5.92 Å². The summed E-state index contributed by atoms with van der Waals surface area (Å²) in [6.45, 7) is 5.86. The fraction of sp³-hybridized carbons (Fsp3) is 0.471. The van der Waals surface area contributed by atoms with Gasteiger partial charge in [0.25, 0.3) is 0 Å². The Bertz CT molecular complexity index is 2040. The van der Waals surface area contributed by atoms with Crippen LogP contribution < -0.4 is 25.4 Å². The number of nitrogens with one attached hydrogen (secondary N) is 1. The van der Waals surface area contributed by atoms with E-state index in [9.17, 15) is 10.1 Å². The number of nitrogens with two attached hydrogens (primary N) is 1. The summed E-state index contributed by atoms with van der Waals surface area (Å²) in [5.41, 5.74) is 6.08. The molecule has 3 atom stereocenters. The molecule has 0 radical (unpaired) electrons. The minimum Gasteiger partial charge on any atom is -0.491 e. The standard InChI is InChI=1S/C34H34ClF2N7O3S/c1-17-13-34(7-2-9-43(34)15-17)16-47-33-41-28-25-29(46-11-6-18-12-22(45)40-8-3-10-44(18)32(25)42-33)26(35)24(27(28)37)19-4-5-21(36)30-23(19)20(14-38)31(39)48-30/h4-5,17-18H,2-3,6-13,15-16,39H2,1H3,(H,40,45)/t17-,18?,34+/m1/s1. The Hall–Kier alpha value is -3.99. The number of nitrogen functional groups attached to an aromatic ring is 1. The molecule has 0 aliphatic carbocycles. The number of hydrogen-bond acceptors (Lipinski definition) is 10. The van der Waals surface area contributed by atoms with Crippen LogP contribution in [0.2, 0.25) is 5.02 Å². The third-order valence-corrected chi connectivity index (χ3v) is 11.7. The Kier molecular flexibility index (Phi) is 7.73. The Morgan fingerprint density at radius 2 is 2.12 bits per heavy atom. The van der Waals surface area contributed by atoms with Crippen molar-refractivity contribution >= 4 is 60.7 Å². The van der Waals surface area contributed by atoms with Crippen molar-refractivity contribution in [2.75, 3.05) is 50.0 Å². The number of hydrogen-bond donors (Lipinski definition) is 2. The maximum absolute atomic E-state index is 17.3. The van der Waals surface area contributed by atoms with Gasteiger partial charge in [-0.1, -0.05) is 24.6 Å². The SMILES string of the molecule is C[C@H]1CN2CCC[C@@]2(COc2nc3c4c(c(Cl)c(-c5ccc(F)c6sc(N)c(C#N)c56)c(F)c4n2)OCCC2CC(=O)NCCCN32)C1. The van der Waals surface area contributed by atoms with Crippen molar-refractivity contribution in [2.45, 2.75) is 57.0 Å². The lowest BCUT2D eigenvalue weighted by molar-refractivity contribution is -0.121. The summed E-state index contributed by atoms with van der Waals surface area (Å²) in [6.07, 6.45) is 4.42. The maximum atomic E-state index is 17.3. The van der Waals surface area contributed by atoms with Crippen LogP contribution in [0.4, 0.5) is 19.6 Å². The van der Waals surface area contributed by atoms with Crippen molar-refractivity contribution in [1.82, 2.24) is 20.2 Å². The van der Waals surface area contributed by atoms with Gasteiger partial charge in [0.2, 0.25) is 5.91 Å². The van der Waals surface area contributed by atoms with Crippen molar-refractivity contribution in [3.63, 3.8) is 0 Å². The molecule has 0 bridgehead atoms. The van der Waals surface area contributed by atoms with Crippen LogP contribution in [0.15, 0.2) is 12.1 Å². The van der Waals surface area contributed by atoms with E-state index in [4.69, 9.17) is 31.8 Å². The minimum absolute atomic E-state index is 0.0176. The molecule has 0 spiro atoms. The highest BCUT2D eigenvalue weighted by Gasteiger charge is 2.48. The molecular weight excluding hydrogens is 660 g/mol. The average molecular weight is 694 g/mol. The van der Waals surface area contributed by atoms with Crippen molar-refractivity contribution in [3.05, 3.63) is 34.4 Å². The topological polar surface area (TPSA) is 130 Å². The number of benzene rings is 2. The van der Waals surface area contributed by atoms with E-state index < -0.39 is 11.6 Å². The zero-order valence-corrected chi connectivity index (χ0v) is 27.9. The molecule has 48 heavy (non-hydrogen) atoms. The second kappa shape index (κ2) is 11.9. The van der Waals surface area contributed by atoms with Crippen molar-refractivity contribution < 1.29 is 23.0 Å². The van der Waals surface area contributed by atoms with E-state index >= 15 is 8.78 Å². The molecule has 3 N–H and O–H groups in total. The van der Waals surface area contributed by atoms with Crippen LogP contribution in [0.3, 0.4) is 0 Å². The number of rotatable bonds is 4. The van der Waals surface area contributed by atoms with Gasteiger partial charge in [-0.2, -0.15) is 15.2 Å². The quantitative estimate of drug-likeness (QED) is 0.264. The molecule has 8 rings (SSSR count). The highest BCUT2D eigenvalue weighted by Crippen LogP contribution is 2.51. The molecule has 250 valence electrons. The molecular formula is C34H34ClF2N7O3S. The Balaban J connectivity index is 1.36. The lowest BCUT2D eigenvalue weighted by atomic mass is 9.92. The normalized spacial score (nSPS) is 24.2. The fourth-order valence-electron chi connectivity index (χ4n) is 8.30. The smallest absolute Gasteiger partial charge is 0.319 e. The number of thiophene rings is 1. The number of anilines is 2. The van der Waals surface area contributed by atoms with Gasteiger partial charge in [-0.25, -0.2) is 8.78 Å². The molecule has 4 aliphatic rings. The second-order valence-electron chi connectivity index (χ2n) is 13.4. The number of halogens is 3. The third-order valence-electron chi connectivity index (χ3n) is 10.3. The van der Waals surface area contributed by atoms with Gasteiger partial charge in [0.15, 0.2) is 11.6 Å². The molecule has 2 aromatic carbocycles. The van der Waals surface area contributed by atoms with Gasteiger partial charge >= 0.3 is 6.01 Å². The summed E-state index contributed by atoms with van der Waals surface area (Å²) in [6, 6.07) is 4.41. The van der Waals surface area contributed by atoms with E-state index in [0.717, 1.165) is 43.7 Å². The average Bonchev–Trinajstić information content (AvgIpc) is 3.69. The third kappa shape index (κ3) is 4.91. The summed E-state index contributed by atoms with van der Waals surface area (Å²) in [4.78, 5) is 26.8. The van der Waals surface area contributed by atoms with Crippen LogP contribution in [-0.4, -0.2) is 71.7 Å². The number of nitriles is 1. The van der Waals surface area contributed by atoms with Gasteiger partial charge < -0.3 is 25.4 Å². The van der Waals surface area contributed by atoms with Crippen LogP contribution in [-0.2, 0) is 4.79 Å². The second-order valence-corrected chi connectivity index (χ2v) is 14.8. The first-order valence-corrected chi connectivity index (χ1v) is 17.6. The minimum atomic E-state index is -0.783. The Labute approximate surface area is 284 Å². The molecule has 14 heteroatoms. The number of carbonyl (C=O) groups is 1. The van der Waals surface area contributed by atoms with Crippen LogP contribution >= 0.6 is 22.9 Å². The molecule has 1 amide bonds. The molecule has 0 saturated carbocycles. The molecule has 4 aromatic rings. The van der Waals surface area contributed by atoms with Crippen LogP contribution in [0.5, 0.6) is 11.8 Å². The highest BCUT2D eigenvalue weighted by atomic mass is 35.5. The number of carbonyl (C=O) groups excluding carboxylic acids is 1. The van der Waals surface area contributed by atoms with E-state index in [1.807, 2.05) is 4.90 Å². The molecule has 4 aliphatic heterocycles. The monoisotopic (exact) mass is 693 g/mol. The lowest BCUT2D eigenvalue weighted by Crippen LogP contribution is -2.46. The Morgan fingerprint density at radius 1 is 1.27 bits per heavy atom.